The molecule has 0 radical (unpaired) electrons. The Morgan fingerprint density at radius 1 is 1.53 bits per heavy atom. The van der Waals surface area contributed by atoms with Crippen molar-refractivity contribution in [3.8, 4) is 0 Å². The lowest BCUT2D eigenvalue weighted by molar-refractivity contribution is 0.101. The van der Waals surface area contributed by atoms with Gasteiger partial charge in [-0.15, -0.1) is 0 Å². The van der Waals surface area contributed by atoms with Crippen LogP contribution in [-0.2, 0) is 0 Å². The van der Waals surface area contributed by atoms with Crippen LogP contribution in [0.5, 0.6) is 0 Å². The number of carbonyl (C=O) groups is 1. The fourth-order valence-electron chi connectivity index (χ4n) is 2.85. The highest BCUT2D eigenvalue weighted by Gasteiger charge is 2.24. The summed E-state index contributed by atoms with van der Waals surface area (Å²) in [5.41, 5.74) is 8.18. The second-order valence-electron chi connectivity index (χ2n) is 5.18. The molecule has 1 aromatic carbocycles. The minimum Gasteiger partial charge on any atom is -0.398 e. The van der Waals surface area contributed by atoms with Gasteiger partial charge in [-0.25, -0.2) is 0 Å². The normalized spacial score (nSPS) is 18.8. The lowest BCUT2D eigenvalue weighted by Crippen LogP contribution is -2.29. The molecule has 0 spiro atoms. The number of aliphatic hydroxyl groups is 1. The van der Waals surface area contributed by atoms with Crippen molar-refractivity contribution in [3.05, 3.63) is 23.8 Å². The minimum atomic E-state index is 0.00213. The van der Waals surface area contributed by atoms with Crippen LogP contribution in [0.2, 0.25) is 0 Å². The molecule has 1 fully saturated rings. The standard InChI is InChI=1S/C15H22N2O2/c1-11(19)14-7-6-13(10-15(14)16)17-8-2-4-12(17)5-3-9-18/h6-7,10,12,18H,2-5,8-9,16H2,1H3. The van der Waals surface area contributed by atoms with Gasteiger partial charge >= 0.3 is 0 Å². The molecule has 1 aliphatic heterocycles. The third kappa shape index (κ3) is 3.07. The van der Waals surface area contributed by atoms with E-state index in [-0.39, 0.29) is 12.4 Å². The number of Topliss-reactive ketones (excluding diaryl/α,β-unsaturated/α-hetero) is 1. The molecule has 1 atom stereocenters. The summed E-state index contributed by atoms with van der Waals surface area (Å²) in [7, 11) is 0. The van der Waals surface area contributed by atoms with E-state index in [1.807, 2.05) is 18.2 Å². The molecule has 19 heavy (non-hydrogen) atoms. The SMILES string of the molecule is CC(=O)c1ccc(N2CCCC2CCCO)cc1N. The maximum absolute atomic E-state index is 11.4. The molecule has 1 unspecified atom stereocenters. The molecule has 0 saturated carbocycles. The highest BCUT2D eigenvalue weighted by Crippen LogP contribution is 2.30. The van der Waals surface area contributed by atoms with E-state index < -0.39 is 0 Å². The van der Waals surface area contributed by atoms with Crippen LogP contribution in [-0.4, -0.2) is 30.1 Å². The van der Waals surface area contributed by atoms with Crippen molar-refractivity contribution in [2.75, 3.05) is 23.8 Å². The maximum atomic E-state index is 11.4. The number of carbonyl (C=O) groups excluding carboxylic acids is 1. The Labute approximate surface area is 114 Å². The molecule has 4 heteroatoms. The zero-order chi connectivity index (χ0) is 13.8. The van der Waals surface area contributed by atoms with Gasteiger partial charge in [-0.3, -0.25) is 4.79 Å². The second kappa shape index (κ2) is 6.06. The van der Waals surface area contributed by atoms with Crippen LogP contribution in [0, 0.1) is 0 Å². The predicted octanol–water partition coefficient (Wildman–Crippen LogP) is 2.21. The Balaban J connectivity index is 2.16. The number of benzene rings is 1. The van der Waals surface area contributed by atoms with Crippen LogP contribution in [0.3, 0.4) is 0 Å². The molecule has 0 bridgehead atoms. The monoisotopic (exact) mass is 262 g/mol. The molecule has 4 nitrogen and oxygen atoms in total. The topological polar surface area (TPSA) is 66.6 Å². The Morgan fingerprint density at radius 2 is 2.32 bits per heavy atom. The van der Waals surface area contributed by atoms with Gasteiger partial charge in [0.2, 0.25) is 0 Å². The third-order valence-electron chi connectivity index (χ3n) is 3.82. The second-order valence-corrected chi connectivity index (χ2v) is 5.18. The fraction of sp³-hybridized carbons (Fsp3) is 0.533. The molecular weight excluding hydrogens is 240 g/mol. The van der Waals surface area contributed by atoms with E-state index in [4.69, 9.17) is 10.8 Å². The summed E-state index contributed by atoms with van der Waals surface area (Å²) in [6.45, 7) is 2.80. The first kappa shape index (κ1) is 13.9. The molecule has 1 aliphatic rings. The van der Waals surface area contributed by atoms with Gasteiger partial charge in [0, 0.05) is 36.1 Å². The average molecular weight is 262 g/mol. The Kier molecular flexibility index (Phi) is 4.43. The number of nitrogen functional groups attached to an aromatic ring is 1. The van der Waals surface area contributed by atoms with Crippen LogP contribution in [0.25, 0.3) is 0 Å². The average Bonchev–Trinajstić information content (AvgIpc) is 2.83. The quantitative estimate of drug-likeness (QED) is 0.630. The highest BCUT2D eigenvalue weighted by atomic mass is 16.2. The van der Waals surface area contributed by atoms with E-state index in [9.17, 15) is 4.79 Å². The number of hydrogen-bond acceptors (Lipinski definition) is 4. The van der Waals surface area contributed by atoms with E-state index in [1.54, 1.807) is 0 Å². The number of hydrogen-bond donors (Lipinski definition) is 2. The van der Waals surface area contributed by atoms with Crippen LogP contribution in [0.1, 0.15) is 43.0 Å². The number of ketones is 1. The first-order valence-electron chi connectivity index (χ1n) is 6.91. The van der Waals surface area contributed by atoms with Crippen molar-refractivity contribution in [2.24, 2.45) is 0 Å². The smallest absolute Gasteiger partial charge is 0.161 e. The van der Waals surface area contributed by atoms with Gasteiger partial charge in [-0.2, -0.15) is 0 Å². The molecule has 1 heterocycles. The summed E-state index contributed by atoms with van der Waals surface area (Å²) < 4.78 is 0. The van der Waals surface area contributed by atoms with Gasteiger partial charge < -0.3 is 15.7 Å². The minimum absolute atomic E-state index is 0.00213. The summed E-state index contributed by atoms with van der Waals surface area (Å²) in [6, 6.07) is 6.17. The first-order chi connectivity index (χ1) is 9.13. The lowest BCUT2D eigenvalue weighted by atomic mass is 10.1. The number of nitrogens with two attached hydrogens (primary N) is 1. The summed E-state index contributed by atoms with van der Waals surface area (Å²) in [5.74, 6) is 0.00213. The summed E-state index contributed by atoms with van der Waals surface area (Å²) in [4.78, 5) is 13.7. The van der Waals surface area contributed by atoms with Gasteiger partial charge in [0.1, 0.15) is 0 Å². The Hall–Kier alpha value is -1.55. The number of nitrogens with zero attached hydrogens (tertiary/aromatic N) is 1. The molecule has 2 rings (SSSR count). The Bertz CT molecular complexity index is 459. The van der Waals surface area contributed by atoms with Gasteiger partial charge in [0.05, 0.1) is 0 Å². The van der Waals surface area contributed by atoms with Crippen LogP contribution in [0.15, 0.2) is 18.2 Å². The molecule has 1 aromatic rings. The molecule has 3 N–H and O–H groups in total. The van der Waals surface area contributed by atoms with E-state index >= 15 is 0 Å². The molecule has 0 aliphatic carbocycles. The zero-order valence-corrected chi connectivity index (χ0v) is 11.4. The summed E-state index contributed by atoms with van der Waals surface area (Å²) in [6.07, 6.45) is 4.17. The van der Waals surface area contributed by atoms with E-state index in [2.05, 4.69) is 4.90 Å². The van der Waals surface area contributed by atoms with E-state index in [0.29, 0.717) is 17.3 Å². The summed E-state index contributed by atoms with van der Waals surface area (Å²) >= 11 is 0. The molecule has 1 saturated heterocycles. The molecule has 0 amide bonds. The largest absolute Gasteiger partial charge is 0.398 e. The van der Waals surface area contributed by atoms with Gasteiger partial charge in [-0.1, -0.05) is 0 Å². The van der Waals surface area contributed by atoms with Crippen molar-refractivity contribution in [2.45, 2.75) is 38.6 Å². The first-order valence-corrected chi connectivity index (χ1v) is 6.91. The predicted molar refractivity (Wildman–Crippen MR) is 77.5 cm³/mol. The molecule has 104 valence electrons. The van der Waals surface area contributed by atoms with E-state index in [0.717, 1.165) is 31.5 Å². The summed E-state index contributed by atoms with van der Waals surface area (Å²) in [5, 5.41) is 8.95. The van der Waals surface area contributed by atoms with Gasteiger partial charge in [0.15, 0.2) is 5.78 Å². The van der Waals surface area contributed by atoms with Crippen LogP contribution >= 0.6 is 0 Å². The van der Waals surface area contributed by atoms with Crippen molar-refractivity contribution >= 4 is 17.2 Å². The fourth-order valence-corrected chi connectivity index (χ4v) is 2.85. The highest BCUT2D eigenvalue weighted by molar-refractivity contribution is 5.99. The maximum Gasteiger partial charge on any atom is 0.161 e. The zero-order valence-electron chi connectivity index (χ0n) is 11.4. The lowest BCUT2D eigenvalue weighted by Gasteiger charge is -2.27. The molecule has 0 aromatic heterocycles. The Morgan fingerprint density at radius 3 is 2.95 bits per heavy atom. The van der Waals surface area contributed by atoms with Crippen molar-refractivity contribution in [1.29, 1.82) is 0 Å². The van der Waals surface area contributed by atoms with Crippen LogP contribution in [0.4, 0.5) is 11.4 Å². The third-order valence-corrected chi connectivity index (χ3v) is 3.82. The van der Waals surface area contributed by atoms with Crippen LogP contribution < -0.4 is 10.6 Å². The van der Waals surface area contributed by atoms with Gasteiger partial charge in [-0.05, 0) is 50.8 Å². The number of rotatable bonds is 5. The van der Waals surface area contributed by atoms with Crippen molar-refractivity contribution < 1.29 is 9.90 Å². The van der Waals surface area contributed by atoms with Gasteiger partial charge in [0.25, 0.3) is 0 Å². The molecular formula is C15H22N2O2. The van der Waals surface area contributed by atoms with E-state index in [1.165, 1.54) is 13.3 Å². The number of anilines is 2. The van der Waals surface area contributed by atoms with Crippen molar-refractivity contribution in [3.63, 3.8) is 0 Å². The van der Waals surface area contributed by atoms with Crippen molar-refractivity contribution in [1.82, 2.24) is 0 Å². The number of aliphatic hydroxyl groups excluding tert-OH is 1.